The average Bonchev–Trinajstić information content (AvgIpc) is 2.79. The molecular weight excluding hydrogens is 407 g/mol. The Morgan fingerprint density at radius 3 is 3.00 bits per heavy atom. The molecule has 1 fully saturated rings. The van der Waals surface area contributed by atoms with E-state index in [2.05, 4.69) is 49.9 Å². The van der Waals surface area contributed by atoms with E-state index in [0.717, 1.165) is 27.3 Å². The van der Waals surface area contributed by atoms with Crippen LogP contribution in [0.5, 0.6) is 0 Å². The quantitative estimate of drug-likeness (QED) is 0.747. The molecular formula is C13H12BrIN2O. The van der Waals surface area contributed by atoms with E-state index in [1.165, 1.54) is 0 Å². The van der Waals surface area contributed by atoms with Crippen LogP contribution >= 0.6 is 38.5 Å². The van der Waals surface area contributed by atoms with E-state index in [-0.39, 0.29) is 17.9 Å². The number of nitrogens with zero attached hydrogens (tertiary/aromatic N) is 1. The van der Waals surface area contributed by atoms with Crippen LogP contribution in [0, 0.1) is 20.8 Å². The molecule has 1 N–H and O–H groups in total. The Balaban J connectivity index is 2.13. The maximum absolute atomic E-state index is 12.2. The smallest absolute Gasteiger partial charge is 0.252 e. The first-order chi connectivity index (χ1) is 8.61. The molecule has 2 unspecified atom stereocenters. The molecule has 0 bridgehead atoms. The number of amides is 1. The summed E-state index contributed by atoms with van der Waals surface area (Å²) in [6, 6.07) is 7.89. The molecule has 94 valence electrons. The Morgan fingerprint density at radius 2 is 2.28 bits per heavy atom. The number of nitriles is 1. The van der Waals surface area contributed by atoms with E-state index in [1.54, 1.807) is 0 Å². The number of hydrogen-bond acceptors (Lipinski definition) is 2. The number of benzene rings is 1. The first kappa shape index (κ1) is 13.8. The van der Waals surface area contributed by atoms with E-state index in [9.17, 15) is 4.79 Å². The van der Waals surface area contributed by atoms with Crippen molar-refractivity contribution in [3.63, 3.8) is 0 Å². The van der Waals surface area contributed by atoms with E-state index in [1.807, 2.05) is 18.2 Å². The minimum atomic E-state index is -0.0900. The predicted molar refractivity (Wildman–Crippen MR) is 81.1 cm³/mol. The van der Waals surface area contributed by atoms with Crippen molar-refractivity contribution >= 4 is 44.4 Å². The highest BCUT2D eigenvalue weighted by Crippen LogP contribution is 2.26. The number of halogens is 2. The number of carbonyl (C=O) groups excluding carboxylic acids is 1. The molecule has 1 aliphatic carbocycles. The van der Waals surface area contributed by atoms with Crippen LogP contribution < -0.4 is 5.32 Å². The topological polar surface area (TPSA) is 52.9 Å². The van der Waals surface area contributed by atoms with E-state index >= 15 is 0 Å². The summed E-state index contributed by atoms with van der Waals surface area (Å²) in [6.45, 7) is 0. The summed E-state index contributed by atoms with van der Waals surface area (Å²) < 4.78 is 1.80. The second-order valence-electron chi connectivity index (χ2n) is 4.37. The van der Waals surface area contributed by atoms with Gasteiger partial charge in [0.25, 0.3) is 5.91 Å². The van der Waals surface area contributed by atoms with Crippen LogP contribution in [0.3, 0.4) is 0 Å². The lowest BCUT2D eigenvalue weighted by Crippen LogP contribution is -2.37. The van der Waals surface area contributed by atoms with Crippen molar-refractivity contribution in [1.29, 1.82) is 5.26 Å². The van der Waals surface area contributed by atoms with Gasteiger partial charge in [-0.2, -0.15) is 5.26 Å². The average molecular weight is 419 g/mol. The molecule has 1 aromatic carbocycles. The molecule has 1 aromatic rings. The molecule has 0 saturated heterocycles. The van der Waals surface area contributed by atoms with Crippen LogP contribution in [0.1, 0.15) is 29.6 Å². The fourth-order valence-corrected chi connectivity index (χ4v) is 3.15. The van der Waals surface area contributed by atoms with Crippen molar-refractivity contribution in [3.8, 4) is 6.07 Å². The van der Waals surface area contributed by atoms with Crippen LogP contribution in [0.15, 0.2) is 22.7 Å². The molecule has 2 atom stereocenters. The van der Waals surface area contributed by atoms with Gasteiger partial charge in [-0.05, 0) is 60.1 Å². The zero-order chi connectivity index (χ0) is 13.1. The Hall–Kier alpha value is -0.610. The van der Waals surface area contributed by atoms with Crippen molar-refractivity contribution in [2.24, 2.45) is 5.92 Å². The van der Waals surface area contributed by atoms with Crippen LogP contribution in [0.2, 0.25) is 0 Å². The molecule has 0 aromatic heterocycles. The fourth-order valence-electron chi connectivity index (χ4n) is 2.20. The van der Waals surface area contributed by atoms with Gasteiger partial charge in [0.1, 0.15) is 0 Å². The van der Waals surface area contributed by atoms with E-state index in [0.29, 0.717) is 5.56 Å². The number of rotatable bonds is 2. The second kappa shape index (κ2) is 6.02. The predicted octanol–water partition coefficient (Wildman–Crippen LogP) is 3.48. The maximum Gasteiger partial charge on any atom is 0.252 e. The summed E-state index contributed by atoms with van der Waals surface area (Å²) in [5.74, 6) is -0.133. The summed E-state index contributed by atoms with van der Waals surface area (Å²) in [5, 5.41) is 12.0. The summed E-state index contributed by atoms with van der Waals surface area (Å²) in [4.78, 5) is 12.2. The fraction of sp³-hybridized carbons (Fsp3) is 0.385. The number of nitrogens with one attached hydrogen (secondary N) is 1. The molecule has 18 heavy (non-hydrogen) atoms. The highest BCUT2D eigenvalue weighted by Gasteiger charge is 2.29. The van der Waals surface area contributed by atoms with Crippen LogP contribution in [-0.2, 0) is 0 Å². The minimum Gasteiger partial charge on any atom is -0.348 e. The Bertz CT molecular complexity index is 512. The number of carbonyl (C=O) groups is 1. The number of hydrogen-bond donors (Lipinski definition) is 1. The largest absolute Gasteiger partial charge is 0.348 e. The van der Waals surface area contributed by atoms with Crippen molar-refractivity contribution < 1.29 is 4.79 Å². The molecule has 1 amide bonds. The second-order valence-corrected chi connectivity index (χ2v) is 6.45. The Morgan fingerprint density at radius 1 is 1.50 bits per heavy atom. The third-order valence-corrected chi connectivity index (χ3v) is 4.61. The van der Waals surface area contributed by atoms with Gasteiger partial charge in [-0.1, -0.05) is 15.9 Å². The lowest BCUT2D eigenvalue weighted by molar-refractivity contribution is 0.0932. The molecule has 3 nitrogen and oxygen atoms in total. The van der Waals surface area contributed by atoms with Gasteiger partial charge >= 0.3 is 0 Å². The maximum atomic E-state index is 12.2. The lowest BCUT2D eigenvalue weighted by atomic mass is 10.1. The molecule has 1 aliphatic rings. The molecule has 2 rings (SSSR count). The molecule has 0 radical (unpaired) electrons. The van der Waals surface area contributed by atoms with Gasteiger partial charge in [0, 0.05) is 14.1 Å². The SMILES string of the molecule is N#CC1CCCC1NC(=O)c1cc(Br)ccc1I. The Kier molecular flexibility index (Phi) is 4.62. The van der Waals surface area contributed by atoms with Crippen molar-refractivity contribution in [2.45, 2.75) is 25.3 Å². The molecule has 0 aliphatic heterocycles. The van der Waals surface area contributed by atoms with Crippen molar-refractivity contribution in [1.82, 2.24) is 5.32 Å². The molecule has 5 heteroatoms. The third kappa shape index (κ3) is 3.04. The lowest BCUT2D eigenvalue weighted by Gasteiger charge is -2.16. The highest BCUT2D eigenvalue weighted by molar-refractivity contribution is 14.1. The van der Waals surface area contributed by atoms with Crippen molar-refractivity contribution in [3.05, 3.63) is 31.8 Å². The summed E-state index contributed by atoms with van der Waals surface area (Å²) in [5.41, 5.74) is 0.661. The first-order valence-electron chi connectivity index (χ1n) is 5.77. The summed E-state index contributed by atoms with van der Waals surface area (Å²) in [6.07, 6.45) is 2.80. The summed E-state index contributed by atoms with van der Waals surface area (Å²) >= 11 is 5.51. The zero-order valence-electron chi connectivity index (χ0n) is 9.62. The minimum absolute atomic E-state index is 0.00252. The highest BCUT2D eigenvalue weighted by atomic mass is 127. The monoisotopic (exact) mass is 418 g/mol. The van der Waals surface area contributed by atoms with Crippen LogP contribution in [-0.4, -0.2) is 11.9 Å². The van der Waals surface area contributed by atoms with Crippen LogP contribution in [0.4, 0.5) is 0 Å². The van der Waals surface area contributed by atoms with Crippen LogP contribution in [0.25, 0.3) is 0 Å². The Labute approximate surface area is 128 Å². The first-order valence-corrected chi connectivity index (χ1v) is 7.64. The van der Waals surface area contributed by atoms with Gasteiger partial charge < -0.3 is 5.32 Å². The van der Waals surface area contributed by atoms with Crippen molar-refractivity contribution in [2.75, 3.05) is 0 Å². The molecule has 1 saturated carbocycles. The van der Waals surface area contributed by atoms with Gasteiger partial charge in [0.05, 0.1) is 17.6 Å². The standard InChI is InChI=1S/C13H12BrIN2O/c14-9-4-5-11(15)10(6-9)13(18)17-12-3-1-2-8(12)7-16/h4-6,8,12H,1-3H2,(H,17,18). The van der Waals surface area contributed by atoms with Gasteiger partial charge in [0.15, 0.2) is 0 Å². The third-order valence-electron chi connectivity index (χ3n) is 3.17. The molecule has 0 heterocycles. The normalized spacial score (nSPS) is 22.5. The molecule has 0 spiro atoms. The van der Waals surface area contributed by atoms with Gasteiger partial charge in [0.2, 0.25) is 0 Å². The van der Waals surface area contributed by atoms with Gasteiger partial charge in [-0.25, -0.2) is 0 Å². The van der Waals surface area contributed by atoms with E-state index in [4.69, 9.17) is 5.26 Å². The van der Waals surface area contributed by atoms with Gasteiger partial charge in [-0.15, -0.1) is 0 Å². The zero-order valence-corrected chi connectivity index (χ0v) is 13.4. The van der Waals surface area contributed by atoms with Gasteiger partial charge in [-0.3, -0.25) is 4.79 Å². The van der Waals surface area contributed by atoms with E-state index < -0.39 is 0 Å². The summed E-state index contributed by atoms with van der Waals surface area (Å²) in [7, 11) is 0.